The first kappa shape index (κ1) is 17.1. The first-order valence-corrected chi connectivity index (χ1v) is 7.90. The second-order valence-electron chi connectivity index (χ2n) is 5.89. The van der Waals surface area contributed by atoms with Crippen molar-refractivity contribution in [3.8, 4) is 17.3 Å². The van der Waals surface area contributed by atoms with E-state index in [0.29, 0.717) is 22.4 Å². The molecule has 0 aliphatic rings. The fourth-order valence-electron chi connectivity index (χ4n) is 2.65. The van der Waals surface area contributed by atoms with Gasteiger partial charge in [-0.3, -0.25) is 9.89 Å². The first-order chi connectivity index (χ1) is 12.5. The van der Waals surface area contributed by atoms with Crippen LogP contribution in [0.3, 0.4) is 0 Å². The van der Waals surface area contributed by atoms with E-state index in [4.69, 9.17) is 5.26 Å². The molecule has 2 N–H and O–H groups in total. The standard InChI is InChI=1S/C20H15N3O3/c1-12-2-6-15(7-3-12)19-18(20(25)26)16(22-23-19)10-17(24)14-8-4-13(11-21)5-9-14/h2-9H,10H2,1H3,(H,22,23)(H,25,26). The average molecular weight is 345 g/mol. The number of rotatable bonds is 5. The summed E-state index contributed by atoms with van der Waals surface area (Å²) in [5.41, 5.74) is 3.14. The Kier molecular flexibility index (Phi) is 4.63. The lowest BCUT2D eigenvalue weighted by molar-refractivity contribution is 0.0697. The van der Waals surface area contributed by atoms with Crippen molar-refractivity contribution < 1.29 is 14.7 Å². The number of carboxylic acids is 1. The topological polar surface area (TPSA) is 107 Å². The highest BCUT2D eigenvalue weighted by Crippen LogP contribution is 2.25. The number of nitrogens with zero attached hydrogens (tertiary/aromatic N) is 2. The van der Waals surface area contributed by atoms with E-state index in [2.05, 4.69) is 10.2 Å². The molecule has 0 radical (unpaired) electrons. The van der Waals surface area contributed by atoms with Crippen molar-refractivity contribution in [2.75, 3.05) is 0 Å². The first-order valence-electron chi connectivity index (χ1n) is 7.90. The van der Waals surface area contributed by atoms with Crippen LogP contribution in [0.4, 0.5) is 0 Å². The molecule has 0 aliphatic carbocycles. The number of benzene rings is 2. The molecule has 6 heteroatoms. The number of nitriles is 1. The normalized spacial score (nSPS) is 10.3. The number of Topliss-reactive ketones (excluding diaryl/α,β-unsaturated/α-hetero) is 1. The summed E-state index contributed by atoms with van der Waals surface area (Å²) < 4.78 is 0. The van der Waals surface area contributed by atoms with Gasteiger partial charge in [0, 0.05) is 11.1 Å². The molecule has 6 nitrogen and oxygen atoms in total. The third kappa shape index (κ3) is 3.37. The van der Waals surface area contributed by atoms with Crippen molar-refractivity contribution >= 4 is 11.8 Å². The van der Waals surface area contributed by atoms with E-state index >= 15 is 0 Å². The van der Waals surface area contributed by atoms with Crippen molar-refractivity contribution in [3.05, 3.63) is 76.5 Å². The van der Waals surface area contributed by atoms with Gasteiger partial charge in [0.15, 0.2) is 5.78 Å². The van der Waals surface area contributed by atoms with Gasteiger partial charge in [-0.25, -0.2) is 4.79 Å². The molecule has 0 saturated carbocycles. The summed E-state index contributed by atoms with van der Waals surface area (Å²) in [6.07, 6.45) is -0.119. The minimum absolute atomic E-state index is 0.00384. The van der Waals surface area contributed by atoms with Crippen LogP contribution in [0.2, 0.25) is 0 Å². The number of hydrogen-bond acceptors (Lipinski definition) is 4. The summed E-state index contributed by atoms with van der Waals surface area (Å²) >= 11 is 0. The molecule has 0 unspecified atom stereocenters. The number of hydrogen-bond donors (Lipinski definition) is 2. The van der Waals surface area contributed by atoms with Crippen LogP contribution in [0.1, 0.15) is 37.5 Å². The zero-order chi connectivity index (χ0) is 18.7. The smallest absolute Gasteiger partial charge is 0.339 e. The molecule has 0 aliphatic heterocycles. The van der Waals surface area contributed by atoms with Gasteiger partial charge in [-0.15, -0.1) is 0 Å². The van der Waals surface area contributed by atoms with Gasteiger partial charge in [0.05, 0.1) is 23.7 Å². The molecule has 1 heterocycles. The van der Waals surface area contributed by atoms with Crippen molar-refractivity contribution in [2.24, 2.45) is 0 Å². The van der Waals surface area contributed by atoms with E-state index in [0.717, 1.165) is 5.56 Å². The SMILES string of the molecule is Cc1ccc(-c2n[nH]c(CC(=O)c3ccc(C#N)cc3)c2C(=O)O)cc1. The third-order valence-corrected chi connectivity index (χ3v) is 4.05. The molecule has 0 saturated heterocycles. The van der Waals surface area contributed by atoms with Crippen molar-refractivity contribution in [3.63, 3.8) is 0 Å². The number of carboxylic acid groups (broad SMARTS) is 1. The minimum Gasteiger partial charge on any atom is -0.478 e. The minimum atomic E-state index is -1.14. The fraction of sp³-hybridized carbons (Fsp3) is 0.100. The molecule has 0 fully saturated rings. The van der Waals surface area contributed by atoms with E-state index in [1.54, 1.807) is 36.4 Å². The van der Waals surface area contributed by atoms with E-state index < -0.39 is 5.97 Å². The number of H-pyrrole nitrogens is 1. The number of aromatic carboxylic acids is 1. The van der Waals surface area contributed by atoms with Crippen LogP contribution >= 0.6 is 0 Å². The Morgan fingerprint density at radius 2 is 1.77 bits per heavy atom. The lowest BCUT2D eigenvalue weighted by Crippen LogP contribution is -2.09. The van der Waals surface area contributed by atoms with Crippen molar-refractivity contribution in [2.45, 2.75) is 13.3 Å². The highest BCUT2D eigenvalue weighted by Gasteiger charge is 2.23. The lowest BCUT2D eigenvalue weighted by Gasteiger charge is -2.03. The molecule has 0 atom stereocenters. The van der Waals surface area contributed by atoms with Gasteiger partial charge in [-0.05, 0) is 19.1 Å². The number of carbonyl (C=O) groups is 2. The monoisotopic (exact) mass is 345 g/mol. The van der Waals surface area contributed by atoms with E-state index in [-0.39, 0.29) is 23.5 Å². The van der Waals surface area contributed by atoms with Crippen LogP contribution in [0.5, 0.6) is 0 Å². The fourth-order valence-corrected chi connectivity index (χ4v) is 2.65. The maximum Gasteiger partial charge on any atom is 0.339 e. The van der Waals surface area contributed by atoms with Gasteiger partial charge in [0.25, 0.3) is 0 Å². The number of aromatic nitrogens is 2. The van der Waals surface area contributed by atoms with E-state index in [9.17, 15) is 14.7 Å². The van der Waals surface area contributed by atoms with Crippen LogP contribution in [-0.4, -0.2) is 27.1 Å². The summed E-state index contributed by atoms with van der Waals surface area (Å²) in [6.45, 7) is 1.94. The van der Waals surface area contributed by atoms with Crippen molar-refractivity contribution in [1.82, 2.24) is 10.2 Å². The second-order valence-corrected chi connectivity index (χ2v) is 5.89. The Hall–Kier alpha value is -3.72. The highest BCUT2D eigenvalue weighted by molar-refractivity contribution is 6.01. The number of nitrogens with one attached hydrogen (secondary N) is 1. The van der Waals surface area contributed by atoms with Gasteiger partial charge < -0.3 is 5.11 Å². The zero-order valence-electron chi connectivity index (χ0n) is 14.0. The van der Waals surface area contributed by atoms with Gasteiger partial charge >= 0.3 is 5.97 Å². The second kappa shape index (κ2) is 7.03. The van der Waals surface area contributed by atoms with E-state index in [1.165, 1.54) is 0 Å². The maximum absolute atomic E-state index is 12.5. The summed E-state index contributed by atoms with van der Waals surface area (Å²) in [6, 6.07) is 15.5. The Morgan fingerprint density at radius 3 is 2.35 bits per heavy atom. The highest BCUT2D eigenvalue weighted by atomic mass is 16.4. The molecule has 128 valence electrons. The number of carbonyl (C=O) groups excluding carboxylic acids is 1. The predicted octanol–water partition coefficient (Wildman–Crippen LogP) is 3.38. The predicted molar refractivity (Wildman–Crippen MR) is 94.9 cm³/mol. The molecular weight excluding hydrogens is 330 g/mol. The summed E-state index contributed by atoms with van der Waals surface area (Å²) in [7, 11) is 0. The van der Waals surface area contributed by atoms with Gasteiger partial charge in [0.2, 0.25) is 0 Å². The van der Waals surface area contributed by atoms with Crippen LogP contribution in [-0.2, 0) is 6.42 Å². The Morgan fingerprint density at radius 1 is 1.12 bits per heavy atom. The Balaban J connectivity index is 1.92. The Bertz CT molecular complexity index is 1010. The average Bonchev–Trinajstić information content (AvgIpc) is 3.06. The van der Waals surface area contributed by atoms with Crippen LogP contribution in [0.15, 0.2) is 48.5 Å². The van der Waals surface area contributed by atoms with Gasteiger partial charge in [-0.1, -0.05) is 42.0 Å². The molecule has 0 amide bonds. The van der Waals surface area contributed by atoms with Gasteiger partial charge in [0.1, 0.15) is 11.3 Å². The molecular formula is C20H15N3O3. The Labute approximate surface area is 149 Å². The number of aromatic amines is 1. The van der Waals surface area contributed by atoms with Crippen molar-refractivity contribution in [1.29, 1.82) is 5.26 Å². The van der Waals surface area contributed by atoms with Gasteiger partial charge in [-0.2, -0.15) is 10.4 Å². The molecule has 0 bridgehead atoms. The lowest BCUT2D eigenvalue weighted by atomic mass is 10.00. The molecule has 0 spiro atoms. The molecule has 3 aromatic rings. The van der Waals surface area contributed by atoms with E-state index in [1.807, 2.05) is 25.1 Å². The third-order valence-electron chi connectivity index (χ3n) is 4.05. The largest absolute Gasteiger partial charge is 0.478 e. The van der Waals surface area contributed by atoms with Crippen LogP contribution in [0, 0.1) is 18.3 Å². The molecule has 1 aromatic heterocycles. The number of ketones is 1. The quantitative estimate of drug-likeness (QED) is 0.689. The molecule has 2 aromatic carbocycles. The zero-order valence-corrected chi connectivity index (χ0v) is 14.0. The number of aryl methyl sites for hydroxylation is 1. The van der Waals surface area contributed by atoms with Crippen LogP contribution in [0.25, 0.3) is 11.3 Å². The molecule has 26 heavy (non-hydrogen) atoms. The summed E-state index contributed by atoms with van der Waals surface area (Å²) in [5.74, 6) is -1.40. The summed E-state index contributed by atoms with van der Waals surface area (Å²) in [4.78, 5) is 24.2. The maximum atomic E-state index is 12.5. The van der Waals surface area contributed by atoms with Crippen LogP contribution < -0.4 is 0 Å². The molecule has 3 rings (SSSR count). The summed E-state index contributed by atoms with van der Waals surface area (Å²) in [5, 5.41) is 25.2.